The minimum Gasteiger partial charge on any atom is -0.443 e. The fourth-order valence-electron chi connectivity index (χ4n) is 1.55. The number of fused-ring (bicyclic) bond motifs is 1. The smallest absolute Gasteiger partial charge is 0.443 e. The highest BCUT2D eigenvalue weighted by Gasteiger charge is 2.29. The largest absolute Gasteiger partial charge is 0.537 e. The van der Waals surface area contributed by atoms with E-state index in [4.69, 9.17) is 0 Å². The molecule has 0 fully saturated rings. The molecule has 0 spiro atoms. The quantitative estimate of drug-likeness (QED) is 0.533. The number of halogens is 4. The molecule has 0 radical (unpaired) electrons. The Morgan fingerprint density at radius 2 is 1.59 bits per heavy atom. The van der Waals surface area contributed by atoms with Crippen molar-refractivity contribution in [3.63, 3.8) is 0 Å². The lowest BCUT2D eigenvalue weighted by atomic mass is 9.88. The second-order valence-electron chi connectivity index (χ2n) is 3.71. The second kappa shape index (κ2) is 4.24. The summed E-state index contributed by atoms with van der Waals surface area (Å²) in [4.78, 5) is 0. The Labute approximate surface area is 95.6 Å². The van der Waals surface area contributed by atoms with Crippen LogP contribution in [0.25, 0.3) is 16.8 Å². The average molecular weight is 239 g/mol. The van der Waals surface area contributed by atoms with Gasteiger partial charge in [0.1, 0.15) is 0 Å². The Bertz CT molecular complexity index is 572. The Hall–Kier alpha value is -1.78. The summed E-state index contributed by atoms with van der Waals surface area (Å²) in [5, 5.41) is 1.69. The maximum atomic E-state index is 12.8. The normalized spacial score (nSPS) is 13.1. The molecule has 5 heteroatoms. The Morgan fingerprint density at radius 1 is 0.941 bits per heavy atom. The predicted octanol–water partition coefficient (Wildman–Crippen LogP) is 4.54. The van der Waals surface area contributed by atoms with Crippen molar-refractivity contribution in [3.8, 4) is 0 Å². The van der Waals surface area contributed by atoms with Crippen LogP contribution in [0.1, 0.15) is 5.56 Å². The zero-order chi connectivity index (χ0) is 12.5. The molecule has 0 atom stereocenters. The van der Waals surface area contributed by atoms with Crippen molar-refractivity contribution < 1.29 is 17.3 Å². The van der Waals surface area contributed by atoms with Crippen LogP contribution in [-0.2, 0) is 0 Å². The molecule has 0 aliphatic carbocycles. The van der Waals surface area contributed by atoms with E-state index in [1.165, 1.54) is 12.1 Å². The Morgan fingerprint density at radius 3 is 2.24 bits per heavy atom. The zero-order valence-electron chi connectivity index (χ0n) is 8.71. The van der Waals surface area contributed by atoms with Crippen molar-refractivity contribution in [1.29, 1.82) is 0 Å². The number of hydrogen-bond acceptors (Lipinski definition) is 0. The van der Waals surface area contributed by atoms with Gasteiger partial charge in [-0.15, -0.1) is 0 Å². The molecule has 0 saturated carbocycles. The Balaban J connectivity index is 2.44. The molecule has 2 aromatic rings. The zero-order valence-corrected chi connectivity index (χ0v) is 8.71. The van der Waals surface area contributed by atoms with Crippen LogP contribution in [0.2, 0.25) is 0 Å². The van der Waals surface area contributed by atoms with Crippen LogP contribution in [0.3, 0.4) is 0 Å². The molecular weight excluding hydrogens is 231 g/mol. The molecule has 0 saturated heterocycles. The third-order valence-corrected chi connectivity index (χ3v) is 2.39. The minimum absolute atomic E-state index is 0.209. The molecular formula is C12H8BF4-. The van der Waals surface area contributed by atoms with Crippen LogP contribution in [0.4, 0.5) is 17.3 Å². The standard InChI is InChI=1S/C12H8BF4/c14-12(13(15,16)17)8-9-5-6-10-3-1-2-4-11(10)7-9/h1-8H/q-1/b12-8-. The first-order valence-electron chi connectivity index (χ1n) is 5.03. The molecule has 0 aromatic heterocycles. The molecule has 0 aliphatic rings. The van der Waals surface area contributed by atoms with E-state index >= 15 is 0 Å². The van der Waals surface area contributed by atoms with E-state index in [1.54, 1.807) is 18.2 Å². The fraction of sp³-hybridized carbons (Fsp3) is 0. The monoisotopic (exact) mass is 239 g/mol. The molecule has 2 aromatic carbocycles. The molecule has 17 heavy (non-hydrogen) atoms. The lowest BCUT2D eigenvalue weighted by Gasteiger charge is -2.11. The molecule has 0 amide bonds. The fourth-order valence-corrected chi connectivity index (χ4v) is 1.55. The van der Waals surface area contributed by atoms with Crippen LogP contribution in [0.15, 0.2) is 48.2 Å². The first kappa shape index (κ1) is 11.7. The molecule has 0 aliphatic heterocycles. The number of hydrogen-bond donors (Lipinski definition) is 0. The summed E-state index contributed by atoms with van der Waals surface area (Å²) in [6.07, 6.45) is 0.520. The summed E-state index contributed by atoms with van der Waals surface area (Å²) in [5.74, 6) is 0. The predicted molar refractivity (Wildman–Crippen MR) is 62.1 cm³/mol. The molecule has 0 nitrogen and oxygen atoms in total. The van der Waals surface area contributed by atoms with E-state index in [-0.39, 0.29) is 5.56 Å². The molecule has 0 N–H and O–H groups in total. The van der Waals surface area contributed by atoms with Crippen molar-refractivity contribution in [3.05, 3.63) is 53.8 Å². The average Bonchev–Trinajstić information content (AvgIpc) is 2.27. The van der Waals surface area contributed by atoms with Gasteiger partial charge in [-0.2, -0.15) is 0 Å². The van der Waals surface area contributed by atoms with Crippen molar-refractivity contribution in [2.24, 2.45) is 0 Å². The van der Waals surface area contributed by atoms with Crippen molar-refractivity contribution >= 4 is 23.8 Å². The van der Waals surface area contributed by atoms with Crippen molar-refractivity contribution in [1.82, 2.24) is 0 Å². The van der Waals surface area contributed by atoms with E-state index in [0.717, 1.165) is 10.8 Å². The SMILES string of the molecule is F/C(=C\c1ccc2ccccc2c1)[B-](F)(F)F. The number of rotatable bonds is 2. The summed E-state index contributed by atoms with van der Waals surface area (Å²) in [7, 11) is 0. The lowest BCUT2D eigenvalue weighted by Crippen LogP contribution is -2.15. The summed E-state index contributed by atoms with van der Waals surface area (Å²) in [6, 6.07) is 11.9. The van der Waals surface area contributed by atoms with Crippen LogP contribution >= 0.6 is 0 Å². The van der Waals surface area contributed by atoms with E-state index in [0.29, 0.717) is 6.08 Å². The molecule has 0 unspecified atom stereocenters. The van der Waals surface area contributed by atoms with E-state index < -0.39 is 12.7 Å². The topological polar surface area (TPSA) is 0 Å². The highest BCUT2D eigenvalue weighted by atomic mass is 19.4. The minimum atomic E-state index is -5.55. The highest BCUT2D eigenvalue weighted by molar-refractivity contribution is 6.66. The van der Waals surface area contributed by atoms with Crippen molar-refractivity contribution in [2.45, 2.75) is 0 Å². The van der Waals surface area contributed by atoms with Crippen molar-refractivity contribution in [2.75, 3.05) is 0 Å². The Kier molecular flexibility index (Phi) is 2.92. The van der Waals surface area contributed by atoms with Gasteiger partial charge in [-0.25, -0.2) is 4.39 Å². The van der Waals surface area contributed by atoms with Gasteiger partial charge in [0.05, 0.1) is 0 Å². The molecule has 0 bridgehead atoms. The van der Waals surface area contributed by atoms with Gasteiger partial charge in [-0.05, 0) is 22.4 Å². The molecule has 88 valence electrons. The summed E-state index contributed by atoms with van der Waals surface area (Å²) < 4.78 is 49.0. The van der Waals surface area contributed by atoms with Gasteiger partial charge in [0, 0.05) is 5.73 Å². The van der Waals surface area contributed by atoms with E-state index in [1.807, 2.05) is 12.1 Å². The second-order valence-corrected chi connectivity index (χ2v) is 3.71. The van der Waals surface area contributed by atoms with E-state index in [9.17, 15) is 17.3 Å². The van der Waals surface area contributed by atoms with E-state index in [2.05, 4.69) is 0 Å². The maximum absolute atomic E-state index is 12.8. The highest BCUT2D eigenvalue weighted by Crippen LogP contribution is 2.24. The first-order chi connectivity index (χ1) is 7.97. The van der Waals surface area contributed by atoms with Crippen LogP contribution in [0, 0.1) is 0 Å². The summed E-state index contributed by atoms with van der Waals surface area (Å²) >= 11 is 0. The van der Waals surface area contributed by atoms with Crippen LogP contribution in [0.5, 0.6) is 0 Å². The summed E-state index contributed by atoms with van der Waals surface area (Å²) in [5.41, 5.74) is -1.82. The van der Waals surface area contributed by atoms with Gasteiger partial charge in [0.25, 0.3) is 0 Å². The maximum Gasteiger partial charge on any atom is 0.537 e. The van der Waals surface area contributed by atoms with Gasteiger partial charge in [-0.3, -0.25) is 0 Å². The third-order valence-electron chi connectivity index (χ3n) is 2.39. The summed E-state index contributed by atoms with van der Waals surface area (Å²) in [6.45, 7) is -5.55. The first-order valence-corrected chi connectivity index (χ1v) is 5.03. The van der Waals surface area contributed by atoms with Gasteiger partial charge < -0.3 is 12.9 Å². The molecule has 2 rings (SSSR count). The third kappa shape index (κ3) is 2.67. The van der Waals surface area contributed by atoms with Gasteiger partial charge >= 0.3 is 6.98 Å². The van der Waals surface area contributed by atoms with Gasteiger partial charge in [-0.1, -0.05) is 42.5 Å². The van der Waals surface area contributed by atoms with Crippen LogP contribution in [-0.4, -0.2) is 6.98 Å². The van der Waals surface area contributed by atoms with Gasteiger partial charge in [0.15, 0.2) is 0 Å². The van der Waals surface area contributed by atoms with Crippen LogP contribution < -0.4 is 0 Å². The molecule has 0 heterocycles. The van der Waals surface area contributed by atoms with Gasteiger partial charge in [0.2, 0.25) is 0 Å². The lowest BCUT2D eigenvalue weighted by molar-refractivity contribution is 0.454. The number of benzene rings is 2.